The summed E-state index contributed by atoms with van der Waals surface area (Å²) in [6, 6.07) is 0.506. The van der Waals surface area contributed by atoms with Gasteiger partial charge in [-0.3, -0.25) is 4.99 Å². The molecule has 0 aromatic heterocycles. The minimum absolute atomic E-state index is 0.506. The topological polar surface area (TPSA) is 41.6 Å². The van der Waals surface area contributed by atoms with E-state index < -0.39 is 0 Å². The lowest BCUT2D eigenvalue weighted by molar-refractivity contribution is 0.257. The minimum atomic E-state index is 0.506. The van der Waals surface area contributed by atoms with Crippen molar-refractivity contribution in [1.82, 2.24) is 4.90 Å². The van der Waals surface area contributed by atoms with Gasteiger partial charge < -0.3 is 10.6 Å². The highest BCUT2D eigenvalue weighted by Gasteiger charge is 2.14. The first-order valence-electron chi connectivity index (χ1n) is 4.82. The van der Waals surface area contributed by atoms with Crippen LogP contribution in [0.5, 0.6) is 0 Å². The number of likely N-dealkylation sites (tertiary alicyclic amines) is 1. The van der Waals surface area contributed by atoms with Crippen molar-refractivity contribution in [3.05, 3.63) is 11.8 Å². The fourth-order valence-electron chi connectivity index (χ4n) is 1.43. The minimum Gasteiger partial charge on any atom is -0.402 e. The number of hydrogen-bond donors (Lipinski definition) is 1. The lowest BCUT2D eigenvalue weighted by Crippen LogP contribution is -2.31. The van der Waals surface area contributed by atoms with Gasteiger partial charge in [-0.15, -0.1) is 0 Å². The second-order valence-corrected chi connectivity index (χ2v) is 3.74. The molecule has 0 bridgehead atoms. The molecule has 0 aliphatic carbocycles. The number of nitrogens with zero attached hydrogens (tertiary/aromatic N) is 2. The van der Waals surface area contributed by atoms with Crippen molar-refractivity contribution in [3.8, 4) is 0 Å². The third kappa shape index (κ3) is 4.08. The zero-order valence-electron chi connectivity index (χ0n) is 8.53. The zero-order valence-corrected chi connectivity index (χ0v) is 8.53. The van der Waals surface area contributed by atoms with Crippen LogP contribution in [0.1, 0.15) is 19.8 Å². The standard InChI is InChI=1S/C10H19N3/c1-9(11)3-6-12-10-4-7-13(2)8-5-10/h3,6,10H,4-5,7-8,11H2,1-2H3. The fourth-order valence-corrected chi connectivity index (χ4v) is 1.43. The summed E-state index contributed by atoms with van der Waals surface area (Å²) in [5.41, 5.74) is 6.31. The molecule has 0 radical (unpaired) electrons. The van der Waals surface area contributed by atoms with Crippen molar-refractivity contribution in [2.45, 2.75) is 25.8 Å². The van der Waals surface area contributed by atoms with E-state index in [4.69, 9.17) is 5.73 Å². The zero-order chi connectivity index (χ0) is 9.68. The summed E-state index contributed by atoms with van der Waals surface area (Å²) in [6.07, 6.45) is 6.04. The Morgan fingerprint density at radius 1 is 1.46 bits per heavy atom. The van der Waals surface area contributed by atoms with E-state index in [2.05, 4.69) is 16.9 Å². The van der Waals surface area contributed by atoms with E-state index in [0.717, 1.165) is 18.8 Å². The van der Waals surface area contributed by atoms with Crippen molar-refractivity contribution in [2.24, 2.45) is 10.7 Å². The maximum Gasteiger partial charge on any atom is 0.0523 e. The normalized spacial score (nSPS) is 22.8. The molecule has 2 N–H and O–H groups in total. The molecule has 0 aromatic carbocycles. The van der Waals surface area contributed by atoms with E-state index >= 15 is 0 Å². The lowest BCUT2D eigenvalue weighted by atomic mass is 10.1. The number of allylic oxidation sites excluding steroid dienone is 2. The van der Waals surface area contributed by atoms with Crippen LogP contribution in [-0.2, 0) is 0 Å². The molecular formula is C10H19N3. The summed E-state index contributed by atoms with van der Waals surface area (Å²) in [5, 5.41) is 0. The molecule has 1 saturated heterocycles. The summed E-state index contributed by atoms with van der Waals surface area (Å²) in [7, 11) is 2.16. The molecule has 0 saturated carbocycles. The van der Waals surface area contributed by atoms with Crippen LogP contribution in [0.2, 0.25) is 0 Å². The quantitative estimate of drug-likeness (QED) is 0.646. The first kappa shape index (κ1) is 10.3. The average Bonchev–Trinajstić information content (AvgIpc) is 2.08. The maximum atomic E-state index is 5.49. The monoisotopic (exact) mass is 181 g/mol. The molecule has 0 unspecified atom stereocenters. The highest BCUT2D eigenvalue weighted by molar-refractivity contribution is 5.71. The molecule has 0 spiro atoms. The van der Waals surface area contributed by atoms with E-state index in [0.29, 0.717) is 6.04 Å². The van der Waals surface area contributed by atoms with Gasteiger partial charge in [-0.05, 0) is 46.0 Å². The Balaban J connectivity index is 2.30. The van der Waals surface area contributed by atoms with Gasteiger partial charge in [0, 0.05) is 11.9 Å². The molecule has 1 heterocycles. The Kier molecular flexibility index (Phi) is 3.96. The molecule has 3 nitrogen and oxygen atoms in total. The Morgan fingerprint density at radius 2 is 2.08 bits per heavy atom. The van der Waals surface area contributed by atoms with Gasteiger partial charge >= 0.3 is 0 Å². The second-order valence-electron chi connectivity index (χ2n) is 3.74. The van der Waals surface area contributed by atoms with E-state index in [1.807, 2.05) is 19.2 Å². The predicted octanol–water partition coefficient (Wildman–Crippen LogP) is 1.01. The average molecular weight is 181 g/mol. The highest BCUT2D eigenvalue weighted by atomic mass is 15.1. The van der Waals surface area contributed by atoms with Gasteiger partial charge in [0.05, 0.1) is 6.04 Å². The molecular weight excluding hydrogens is 162 g/mol. The van der Waals surface area contributed by atoms with E-state index in [-0.39, 0.29) is 0 Å². The Hall–Kier alpha value is -0.830. The molecule has 1 rings (SSSR count). The summed E-state index contributed by atoms with van der Waals surface area (Å²) in [5.74, 6) is 0. The number of aliphatic imine (C=N–C) groups is 1. The van der Waals surface area contributed by atoms with Crippen LogP contribution in [0.15, 0.2) is 16.8 Å². The van der Waals surface area contributed by atoms with Crippen LogP contribution in [0.25, 0.3) is 0 Å². The molecule has 74 valence electrons. The second kappa shape index (κ2) is 5.02. The number of rotatable bonds is 2. The van der Waals surface area contributed by atoms with Crippen LogP contribution in [-0.4, -0.2) is 37.3 Å². The van der Waals surface area contributed by atoms with Gasteiger partial charge in [0.2, 0.25) is 0 Å². The van der Waals surface area contributed by atoms with Gasteiger partial charge in [0.1, 0.15) is 0 Å². The van der Waals surface area contributed by atoms with Crippen molar-refractivity contribution in [1.29, 1.82) is 0 Å². The highest BCUT2D eigenvalue weighted by Crippen LogP contribution is 2.11. The molecule has 3 heteroatoms. The lowest BCUT2D eigenvalue weighted by Gasteiger charge is -2.26. The van der Waals surface area contributed by atoms with Crippen LogP contribution in [0.3, 0.4) is 0 Å². The smallest absolute Gasteiger partial charge is 0.0523 e. The molecule has 1 fully saturated rings. The molecule has 13 heavy (non-hydrogen) atoms. The van der Waals surface area contributed by atoms with Crippen LogP contribution < -0.4 is 5.73 Å². The van der Waals surface area contributed by atoms with Crippen LogP contribution in [0, 0.1) is 0 Å². The van der Waals surface area contributed by atoms with Crippen molar-refractivity contribution in [3.63, 3.8) is 0 Å². The van der Waals surface area contributed by atoms with Gasteiger partial charge in [0.25, 0.3) is 0 Å². The SMILES string of the molecule is CC(N)=CC=NC1CCN(C)CC1. The van der Waals surface area contributed by atoms with Gasteiger partial charge in [-0.2, -0.15) is 0 Å². The molecule has 0 aromatic rings. The van der Waals surface area contributed by atoms with Gasteiger partial charge in [-0.1, -0.05) is 0 Å². The summed E-state index contributed by atoms with van der Waals surface area (Å²) < 4.78 is 0. The van der Waals surface area contributed by atoms with Crippen molar-refractivity contribution >= 4 is 6.21 Å². The predicted molar refractivity (Wildman–Crippen MR) is 57.0 cm³/mol. The molecule has 1 aliphatic heterocycles. The number of hydrogen-bond acceptors (Lipinski definition) is 3. The number of nitrogens with two attached hydrogens (primary N) is 1. The molecule has 0 atom stereocenters. The Bertz CT molecular complexity index is 196. The van der Waals surface area contributed by atoms with Crippen LogP contribution in [0.4, 0.5) is 0 Å². The van der Waals surface area contributed by atoms with E-state index in [9.17, 15) is 0 Å². The van der Waals surface area contributed by atoms with Crippen molar-refractivity contribution in [2.75, 3.05) is 20.1 Å². The van der Waals surface area contributed by atoms with Gasteiger partial charge in [0.15, 0.2) is 0 Å². The fraction of sp³-hybridized carbons (Fsp3) is 0.700. The van der Waals surface area contributed by atoms with Crippen molar-refractivity contribution < 1.29 is 0 Å². The first-order chi connectivity index (χ1) is 6.18. The summed E-state index contributed by atoms with van der Waals surface area (Å²) in [4.78, 5) is 6.79. The first-order valence-corrected chi connectivity index (χ1v) is 4.82. The Labute approximate surface area is 80.3 Å². The number of piperidine rings is 1. The third-order valence-electron chi connectivity index (χ3n) is 2.32. The summed E-state index contributed by atoms with van der Waals surface area (Å²) in [6.45, 7) is 4.20. The van der Waals surface area contributed by atoms with E-state index in [1.54, 1.807) is 0 Å². The maximum absolute atomic E-state index is 5.49. The summed E-state index contributed by atoms with van der Waals surface area (Å²) >= 11 is 0. The largest absolute Gasteiger partial charge is 0.402 e. The third-order valence-corrected chi connectivity index (χ3v) is 2.32. The van der Waals surface area contributed by atoms with E-state index in [1.165, 1.54) is 12.8 Å². The molecule has 1 aliphatic rings. The van der Waals surface area contributed by atoms with Gasteiger partial charge in [-0.25, -0.2) is 0 Å². The Morgan fingerprint density at radius 3 is 2.62 bits per heavy atom. The molecule has 0 amide bonds. The van der Waals surface area contributed by atoms with Crippen LogP contribution >= 0.6 is 0 Å².